The summed E-state index contributed by atoms with van der Waals surface area (Å²) in [5.74, 6) is 0.0661. The lowest BCUT2D eigenvalue weighted by Crippen LogP contribution is -2.13. The van der Waals surface area contributed by atoms with E-state index >= 15 is 0 Å². The van der Waals surface area contributed by atoms with Crippen LogP contribution in [0.25, 0.3) is 0 Å². The van der Waals surface area contributed by atoms with Gasteiger partial charge in [0.25, 0.3) is 0 Å². The van der Waals surface area contributed by atoms with E-state index in [-0.39, 0.29) is 4.99 Å². The van der Waals surface area contributed by atoms with Gasteiger partial charge in [-0.1, -0.05) is 23.8 Å². The minimum absolute atomic E-state index is 0.211. The molecule has 0 bridgehead atoms. The Morgan fingerprint density at radius 3 is 2.79 bits per heavy atom. The predicted molar refractivity (Wildman–Crippen MR) is 79.6 cm³/mol. The Morgan fingerprint density at radius 1 is 1.37 bits per heavy atom. The molecule has 0 atom stereocenters. The first-order chi connectivity index (χ1) is 8.97. The Labute approximate surface area is 120 Å². The number of pyridine rings is 1. The number of anilines is 2. The molecule has 1 aromatic heterocycles. The largest absolute Gasteiger partial charge is 0.389 e. The Bertz CT molecular complexity index is 646. The van der Waals surface area contributed by atoms with Crippen molar-refractivity contribution < 1.29 is 4.39 Å². The second kappa shape index (κ2) is 5.50. The highest BCUT2D eigenvalue weighted by Crippen LogP contribution is 2.27. The molecule has 1 heterocycles. The number of rotatable bonds is 3. The summed E-state index contributed by atoms with van der Waals surface area (Å²) in [4.78, 5) is 4.51. The predicted octanol–water partition coefficient (Wildman–Crippen LogP) is 3.56. The van der Waals surface area contributed by atoms with Crippen LogP contribution in [-0.4, -0.2) is 9.97 Å². The molecule has 98 valence electrons. The van der Waals surface area contributed by atoms with Gasteiger partial charge in [-0.2, -0.15) is 0 Å². The van der Waals surface area contributed by atoms with Crippen molar-refractivity contribution >= 4 is 40.3 Å². The van der Waals surface area contributed by atoms with Gasteiger partial charge in [-0.15, -0.1) is 0 Å². The van der Waals surface area contributed by atoms with Crippen LogP contribution in [0.5, 0.6) is 0 Å². The summed E-state index contributed by atoms with van der Waals surface area (Å²) >= 11 is 11.0. The number of thiocarbonyl (C=S) groups is 1. The van der Waals surface area contributed by atoms with Crippen molar-refractivity contribution in [2.24, 2.45) is 5.73 Å². The molecule has 1 aromatic carbocycles. The second-order valence-electron chi connectivity index (χ2n) is 3.96. The summed E-state index contributed by atoms with van der Waals surface area (Å²) in [5, 5.41) is 3.34. The first kappa shape index (κ1) is 13.7. The van der Waals surface area contributed by atoms with Crippen LogP contribution in [0, 0.1) is 12.7 Å². The standard InChI is InChI=1S/C13H11ClFN3S/c1-7-2-4-9(12(16)19)13(17-7)18-11-6-8(15)3-5-10(11)14/h2-6H,1H3,(H2,16,19)(H,17,18). The van der Waals surface area contributed by atoms with Crippen LogP contribution in [0.2, 0.25) is 5.02 Å². The zero-order chi connectivity index (χ0) is 14.0. The molecule has 0 amide bonds. The van der Waals surface area contributed by atoms with E-state index in [1.165, 1.54) is 18.2 Å². The maximum absolute atomic E-state index is 13.2. The second-order valence-corrected chi connectivity index (χ2v) is 4.81. The molecule has 19 heavy (non-hydrogen) atoms. The average Bonchev–Trinajstić information content (AvgIpc) is 2.33. The zero-order valence-corrected chi connectivity index (χ0v) is 11.6. The fourth-order valence-electron chi connectivity index (χ4n) is 1.57. The fourth-order valence-corrected chi connectivity index (χ4v) is 1.90. The van der Waals surface area contributed by atoms with E-state index < -0.39 is 5.82 Å². The van der Waals surface area contributed by atoms with Crippen molar-refractivity contribution in [3.05, 3.63) is 52.4 Å². The van der Waals surface area contributed by atoms with Crippen molar-refractivity contribution in [2.45, 2.75) is 6.92 Å². The van der Waals surface area contributed by atoms with Gasteiger partial charge in [-0.3, -0.25) is 0 Å². The lowest BCUT2D eigenvalue weighted by Gasteiger charge is -2.12. The quantitative estimate of drug-likeness (QED) is 0.850. The smallest absolute Gasteiger partial charge is 0.140 e. The highest BCUT2D eigenvalue weighted by molar-refractivity contribution is 7.80. The Kier molecular flexibility index (Phi) is 3.97. The summed E-state index contributed by atoms with van der Waals surface area (Å²) in [5.41, 5.74) is 7.42. The summed E-state index contributed by atoms with van der Waals surface area (Å²) in [6, 6.07) is 7.60. The lowest BCUT2D eigenvalue weighted by molar-refractivity contribution is 0.628. The third-order valence-corrected chi connectivity index (χ3v) is 3.03. The topological polar surface area (TPSA) is 50.9 Å². The Balaban J connectivity index is 2.45. The van der Waals surface area contributed by atoms with Gasteiger partial charge in [0.2, 0.25) is 0 Å². The summed E-state index contributed by atoms with van der Waals surface area (Å²) < 4.78 is 13.2. The molecule has 0 fully saturated rings. The van der Waals surface area contributed by atoms with Crippen LogP contribution in [0.4, 0.5) is 15.9 Å². The third-order valence-electron chi connectivity index (χ3n) is 2.48. The van der Waals surface area contributed by atoms with Gasteiger partial charge in [0.15, 0.2) is 0 Å². The van der Waals surface area contributed by atoms with Crippen LogP contribution in [0.3, 0.4) is 0 Å². The number of nitrogens with two attached hydrogens (primary N) is 1. The molecule has 0 saturated carbocycles. The summed E-state index contributed by atoms with van der Waals surface area (Å²) in [6.07, 6.45) is 0. The highest BCUT2D eigenvalue weighted by Gasteiger charge is 2.10. The van der Waals surface area contributed by atoms with Crippen molar-refractivity contribution in [3.8, 4) is 0 Å². The molecule has 0 aliphatic heterocycles. The Hall–Kier alpha value is -1.72. The first-order valence-electron chi connectivity index (χ1n) is 5.47. The van der Waals surface area contributed by atoms with E-state index in [0.29, 0.717) is 22.1 Å². The van der Waals surface area contributed by atoms with Crippen molar-refractivity contribution in [3.63, 3.8) is 0 Å². The van der Waals surface area contributed by atoms with Crippen molar-refractivity contribution in [2.75, 3.05) is 5.32 Å². The molecule has 2 rings (SSSR count). The van der Waals surface area contributed by atoms with Crippen LogP contribution in [0.15, 0.2) is 30.3 Å². The molecule has 0 radical (unpaired) electrons. The zero-order valence-electron chi connectivity index (χ0n) is 10.1. The number of benzene rings is 1. The molecule has 0 spiro atoms. The van der Waals surface area contributed by atoms with Gasteiger partial charge in [-0.25, -0.2) is 9.37 Å². The normalized spacial score (nSPS) is 10.3. The maximum atomic E-state index is 13.2. The summed E-state index contributed by atoms with van der Waals surface area (Å²) in [7, 11) is 0. The molecule has 0 aliphatic rings. The minimum atomic E-state index is -0.392. The third kappa shape index (κ3) is 3.19. The number of hydrogen-bond acceptors (Lipinski definition) is 3. The summed E-state index contributed by atoms with van der Waals surface area (Å²) in [6.45, 7) is 1.84. The molecule has 3 nitrogen and oxygen atoms in total. The van der Waals surface area contributed by atoms with E-state index in [0.717, 1.165) is 5.69 Å². The number of aromatic nitrogens is 1. The van der Waals surface area contributed by atoms with Crippen LogP contribution in [0.1, 0.15) is 11.3 Å². The van der Waals surface area contributed by atoms with Gasteiger partial charge in [0.05, 0.1) is 16.3 Å². The number of nitrogens with zero attached hydrogens (tertiary/aromatic N) is 1. The Morgan fingerprint density at radius 2 is 2.11 bits per heavy atom. The van der Waals surface area contributed by atoms with Crippen LogP contribution < -0.4 is 11.1 Å². The maximum Gasteiger partial charge on any atom is 0.140 e. The molecule has 2 aromatic rings. The molecule has 6 heteroatoms. The molecular weight excluding hydrogens is 285 g/mol. The average molecular weight is 296 g/mol. The number of hydrogen-bond donors (Lipinski definition) is 2. The van der Waals surface area contributed by atoms with Gasteiger partial charge < -0.3 is 11.1 Å². The van der Waals surface area contributed by atoms with Crippen LogP contribution >= 0.6 is 23.8 Å². The molecule has 0 unspecified atom stereocenters. The molecular formula is C13H11ClFN3S. The van der Waals surface area contributed by atoms with E-state index in [1.54, 1.807) is 12.1 Å². The van der Waals surface area contributed by atoms with Crippen molar-refractivity contribution in [1.82, 2.24) is 4.98 Å². The molecule has 3 N–H and O–H groups in total. The highest BCUT2D eigenvalue weighted by atomic mass is 35.5. The van der Waals surface area contributed by atoms with Gasteiger partial charge >= 0.3 is 0 Å². The number of aryl methyl sites for hydroxylation is 1. The van der Waals surface area contributed by atoms with Crippen molar-refractivity contribution in [1.29, 1.82) is 0 Å². The van der Waals surface area contributed by atoms with Gasteiger partial charge in [-0.05, 0) is 37.3 Å². The van der Waals surface area contributed by atoms with E-state index in [4.69, 9.17) is 29.6 Å². The first-order valence-corrected chi connectivity index (χ1v) is 6.25. The van der Waals surface area contributed by atoms with Gasteiger partial charge in [0, 0.05) is 5.69 Å². The number of nitrogens with one attached hydrogen (secondary N) is 1. The van der Waals surface area contributed by atoms with Crippen LogP contribution in [-0.2, 0) is 0 Å². The number of halogens is 2. The molecule has 0 saturated heterocycles. The van der Waals surface area contributed by atoms with E-state index in [2.05, 4.69) is 10.3 Å². The van der Waals surface area contributed by atoms with Gasteiger partial charge in [0.1, 0.15) is 16.6 Å². The van der Waals surface area contributed by atoms with E-state index in [9.17, 15) is 4.39 Å². The molecule has 0 aliphatic carbocycles. The lowest BCUT2D eigenvalue weighted by atomic mass is 10.2. The fraction of sp³-hybridized carbons (Fsp3) is 0.0769. The monoisotopic (exact) mass is 295 g/mol. The van der Waals surface area contributed by atoms with E-state index in [1.807, 2.05) is 6.92 Å². The SMILES string of the molecule is Cc1ccc(C(N)=S)c(Nc2cc(F)ccc2Cl)n1. The minimum Gasteiger partial charge on any atom is -0.389 e.